The molecule has 0 fully saturated rings. The molecule has 0 amide bonds. The molecule has 6 N–H and O–H groups in total. The number of nitrogens with two attached hydrogens (primary N) is 3. The Labute approximate surface area is 101 Å². The third kappa shape index (κ3) is 3.09. The van der Waals surface area contributed by atoms with Crippen LogP contribution in [0.3, 0.4) is 0 Å². The number of carbonyl (C=O) groups excluding carboxylic acids is 2. The lowest BCUT2D eigenvalue weighted by molar-refractivity contribution is -0.116. The smallest absolute Gasteiger partial charge is 0.185 e. The third-order valence-corrected chi connectivity index (χ3v) is 2.74. The van der Waals surface area contributed by atoms with E-state index in [0.29, 0.717) is 55.6 Å². The largest absolute Gasteiger partial charge is 0.330 e. The molecule has 0 spiro atoms. The average Bonchev–Trinajstić information content (AvgIpc) is 2.30. The van der Waals surface area contributed by atoms with Gasteiger partial charge in [-0.05, 0) is 45.0 Å². The van der Waals surface area contributed by atoms with E-state index >= 15 is 0 Å². The van der Waals surface area contributed by atoms with Crippen molar-refractivity contribution in [3.05, 3.63) is 22.8 Å². The molecule has 1 rings (SSSR count). The van der Waals surface area contributed by atoms with Gasteiger partial charge in [0.25, 0.3) is 0 Å². The van der Waals surface area contributed by atoms with Crippen LogP contribution in [-0.2, 0) is 9.59 Å². The molecule has 0 radical (unpaired) electrons. The summed E-state index contributed by atoms with van der Waals surface area (Å²) in [6.07, 6.45) is 2.66. The summed E-state index contributed by atoms with van der Waals surface area (Å²) in [5, 5.41) is 0. The van der Waals surface area contributed by atoms with E-state index in [1.807, 2.05) is 0 Å². The second-order valence-corrected chi connectivity index (χ2v) is 3.94. The van der Waals surface area contributed by atoms with Crippen molar-refractivity contribution in [3.8, 4) is 0 Å². The molecule has 0 bridgehead atoms. The van der Waals surface area contributed by atoms with Gasteiger partial charge in [-0.1, -0.05) is 0 Å². The number of rotatable bonds is 6. The van der Waals surface area contributed by atoms with E-state index in [0.717, 1.165) is 0 Å². The number of hydrogen-bond donors (Lipinski definition) is 3. The van der Waals surface area contributed by atoms with Crippen molar-refractivity contribution >= 4 is 11.6 Å². The molecule has 5 nitrogen and oxygen atoms in total. The van der Waals surface area contributed by atoms with Crippen molar-refractivity contribution in [2.45, 2.75) is 19.3 Å². The van der Waals surface area contributed by atoms with Crippen LogP contribution >= 0.6 is 0 Å². The molecule has 1 aliphatic rings. The second-order valence-electron chi connectivity index (χ2n) is 3.94. The number of Topliss-reactive ketones (excluding diaryl/α,β-unsaturated/α-hetero) is 1. The fourth-order valence-corrected chi connectivity index (χ4v) is 1.96. The molecule has 0 atom stereocenters. The van der Waals surface area contributed by atoms with Gasteiger partial charge in [-0.15, -0.1) is 0 Å². The van der Waals surface area contributed by atoms with Gasteiger partial charge < -0.3 is 17.2 Å². The van der Waals surface area contributed by atoms with E-state index < -0.39 is 0 Å². The molecular weight excluding hydrogens is 218 g/mol. The van der Waals surface area contributed by atoms with Crippen LogP contribution in [0.25, 0.3) is 0 Å². The summed E-state index contributed by atoms with van der Waals surface area (Å²) in [5.41, 5.74) is 17.9. The molecule has 17 heavy (non-hydrogen) atoms. The van der Waals surface area contributed by atoms with Gasteiger partial charge in [0.05, 0.1) is 0 Å². The van der Waals surface area contributed by atoms with Crippen molar-refractivity contribution < 1.29 is 9.59 Å². The Morgan fingerprint density at radius 1 is 0.824 bits per heavy atom. The Morgan fingerprint density at radius 3 is 1.88 bits per heavy atom. The lowest BCUT2D eigenvalue weighted by Crippen LogP contribution is -2.24. The molecule has 0 aliphatic heterocycles. The lowest BCUT2D eigenvalue weighted by Gasteiger charge is -2.18. The molecule has 0 aromatic carbocycles. The quantitative estimate of drug-likeness (QED) is 0.534. The van der Waals surface area contributed by atoms with Crippen molar-refractivity contribution in [3.63, 3.8) is 0 Å². The minimum absolute atomic E-state index is 0.0936. The van der Waals surface area contributed by atoms with E-state index in [9.17, 15) is 9.59 Å². The maximum atomic E-state index is 12.1. The Bertz CT molecular complexity index is 383. The first-order chi connectivity index (χ1) is 8.15. The highest BCUT2D eigenvalue weighted by Gasteiger charge is 2.26. The fraction of sp³-hybridized carbons (Fsp3) is 0.500. The number of carbonyl (C=O) groups is 2. The van der Waals surface area contributed by atoms with Gasteiger partial charge in [0.2, 0.25) is 0 Å². The van der Waals surface area contributed by atoms with Crippen LogP contribution in [0.4, 0.5) is 0 Å². The van der Waals surface area contributed by atoms with Gasteiger partial charge in [-0.25, -0.2) is 0 Å². The SMILES string of the molecule is NCCC1=CC(=O)C(CCN)=C(CCN)C1=O. The zero-order valence-corrected chi connectivity index (χ0v) is 9.87. The average molecular weight is 237 g/mol. The first-order valence-corrected chi connectivity index (χ1v) is 5.77. The maximum absolute atomic E-state index is 12.1. The summed E-state index contributed by atoms with van der Waals surface area (Å²) in [6, 6.07) is 0. The van der Waals surface area contributed by atoms with Crippen molar-refractivity contribution in [1.29, 1.82) is 0 Å². The number of allylic oxidation sites excluding steroid dienone is 1. The topological polar surface area (TPSA) is 112 Å². The van der Waals surface area contributed by atoms with Gasteiger partial charge in [0, 0.05) is 16.7 Å². The van der Waals surface area contributed by atoms with Crippen LogP contribution in [0.2, 0.25) is 0 Å². The first kappa shape index (κ1) is 13.8. The maximum Gasteiger partial charge on any atom is 0.185 e. The zero-order chi connectivity index (χ0) is 12.8. The van der Waals surface area contributed by atoms with Gasteiger partial charge in [-0.3, -0.25) is 9.59 Å². The molecular formula is C12H19N3O2. The third-order valence-electron chi connectivity index (χ3n) is 2.74. The summed E-state index contributed by atoms with van der Waals surface area (Å²) in [4.78, 5) is 24.0. The Balaban J connectivity index is 3.06. The van der Waals surface area contributed by atoms with Gasteiger partial charge in [0.15, 0.2) is 11.6 Å². The lowest BCUT2D eigenvalue weighted by atomic mass is 9.85. The first-order valence-electron chi connectivity index (χ1n) is 5.77. The van der Waals surface area contributed by atoms with Crippen molar-refractivity contribution in [2.24, 2.45) is 17.2 Å². The molecule has 0 saturated heterocycles. The van der Waals surface area contributed by atoms with E-state index in [-0.39, 0.29) is 11.6 Å². The van der Waals surface area contributed by atoms with E-state index in [1.165, 1.54) is 6.08 Å². The molecule has 94 valence electrons. The Morgan fingerprint density at radius 2 is 1.35 bits per heavy atom. The zero-order valence-electron chi connectivity index (χ0n) is 9.87. The van der Waals surface area contributed by atoms with Crippen LogP contribution in [0.1, 0.15) is 19.3 Å². The van der Waals surface area contributed by atoms with E-state index in [2.05, 4.69) is 0 Å². The van der Waals surface area contributed by atoms with Crippen LogP contribution < -0.4 is 17.2 Å². The van der Waals surface area contributed by atoms with Crippen LogP contribution in [0.15, 0.2) is 22.8 Å². The Hall–Kier alpha value is -1.30. The highest BCUT2D eigenvalue weighted by Crippen LogP contribution is 2.24. The minimum Gasteiger partial charge on any atom is -0.330 e. The predicted octanol–water partition coefficient (Wildman–Crippen LogP) is -0.592. The molecule has 0 saturated carbocycles. The predicted molar refractivity (Wildman–Crippen MR) is 66.1 cm³/mol. The summed E-state index contributed by atoms with van der Waals surface area (Å²) >= 11 is 0. The summed E-state index contributed by atoms with van der Waals surface area (Å²) in [6.45, 7) is 1.05. The van der Waals surface area contributed by atoms with Gasteiger partial charge >= 0.3 is 0 Å². The summed E-state index contributed by atoms with van der Waals surface area (Å²) in [5.74, 6) is -0.217. The van der Waals surface area contributed by atoms with Gasteiger partial charge in [-0.2, -0.15) is 0 Å². The number of hydrogen-bond acceptors (Lipinski definition) is 5. The standard InChI is InChI=1S/C12H19N3O2/c13-4-1-8-7-11(16)9(2-5-14)10(3-6-15)12(8)17/h7H,1-6,13-15H2. The molecule has 0 aromatic heterocycles. The van der Waals surface area contributed by atoms with Crippen LogP contribution in [0.5, 0.6) is 0 Å². The summed E-state index contributed by atoms with van der Waals surface area (Å²) in [7, 11) is 0. The van der Waals surface area contributed by atoms with E-state index in [4.69, 9.17) is 17.2 Å². The highest BCUT2D eigenvalue weighted by molar-refractivity contribution is 6.22. The molecule has 1 aliphatic carbocycles. The van der Waals surface area contributed by atoms with Crippen LogP contribution in [-0.4, -0.2) is 31.2 Å². The fourth-order valence-electron chi connectivity index (χ4n) is 1.96. The molecule has 0 heterocycles. The molecule has 0 unspecified atom stereocenters. The number of ketones is 2. The monoisotopic (exact) mass is 237 g/mol. The van der Waals surface area contributed by atoms with Gasteiger partial charge in [0.1, 0.15) is 0 Å². The minimum atomic E-state index is -0.123. The highest BCUT2D eigenvalue weighted by atomic mass is 16.1. The van der Waals surface area contributed by atoms with Crippen molar-refractivity contribution in [1.82, 2.24) is 0 Å². The molecule has 0 aromatic rings. The normalized spacial score (nSPS) is 16.5. The second kappa shape index (κ2) is 6.44. The Kier molecular flexibility index (Phi) is 5.21. The van der Waals surface area contributed by atoms with Crippen molar-refractivity contribution in [2.75, 3.05) is 19.6 Å². The molecule has 5 heteroatoms. The van der Waals surface area contributed by atoms with E-state index in [1.54, 1.807) is 0 Å². The summed E-state index contributed by atoms with van der Waals surface area (Å²) < 4.78 is 0. The van der Waals surface area contributed by atoms with Crippen LogP contribution in [0, 0.1) is 0 Å².